The first kappa shape index (κ1) is 18.1. The van der Waals surface area contributed by atoms with E-state index in [1.807, 2.05) is 18.7 Å². The number of nitrogens with zero attached hydrogens (tertiary/aromatic N) is 1. The lowest BCUT2D eigenvalue weighted by atomic mass is 10.1. The van der Waals surface area contributed by atoms with Crippen LogP contribution in [0, 0.1) is 0 Å². The summed E-state index contributed by atoms with van der Waals surface area (Å²) in [5, 5.41) is 3.49. The molecule has 1 amide bonds. The van der Waals surface area contributed by atoms with Gasteiger partial charge in [-0.2, -0.15) is 0 Å². The first-order chi connectivity index (χ1) is 10.1. The zero-order valence-electron chi connectivity index (χ0n) is 13.7. The fourth-order valence-electron chi connectivity index (χ4n) is 2.17. The van der Waals surface area contributed by atoms with Crippen molar-refractivity contribution in [3.63, 3.8) is 0 Å². The van der Waals surface area contributed by atoms with Crippen molar-refractivity contribution in [3.05, 3.63) is 29.8 Å². The molecule has 0 aromatic heterocycles. The number of amides is 1. The van der Waals surface area contributed by atoms with E-state index >= 15 is 0 Å². The highest BCUT2D eigenvalue weighted by molar-refractivity contribution is 8.00. The minimum Gasteiger partial charge on any atom is -0.343 e. The van der Waals surface area contributed by atoms with Gasteiger partial charge in [0, 0.05) is 24.0 Å². The molecule has 0 heterocycles. The van der Waals surface area contributed by atoms with Gasteiger partial charge >= 0.3 is 0 Å². The number of hydrogen-bond donors (Lipinski definition) is 1. The van der Waals surface area contributed by atoms with Gasteiger partial charge in [0.2, 0.25) is 5.91 Å². The average Bonchev–Trinajstić information content (AvgIpc) is 2.52. The molecule has 21 heavy (non-hydrogen) atoms. The minimum atomic E-state index is 0.215. The normalized spacial score (nSPS) is 12.2. The predicted octanol–water partition coefficient (Wildman–Crippen LogP) is 3.71. The molecule has 0 saturated heterocycles. The van der Waals surface area contributed by atoms with E-state index in [2.05, 4.69) is 43.4 Å². The van der Waals surface area contributed by atoms with Crippen LogP contribution >= 0.6 is 11.8 Å². The molecule has 0 aliphatic carbocycles. The second-order valence-corrected chi connectivity index (χ2v) is 6.15. The quantitative estimate of drug-likeness (QED) is 0.706. The fourth-order valence-corrected chi connectivity index (χ4v) is 3.03. The van der Waals surface area contributed by atoms with Crippen molar-refractivity contribution in [2.45, 2.75) is 45.1 Å². The maximum Gasteiger partial charge on any atom is 0.232 e. The van der Waals surface area contributed by atoms with Crippen LogP contribution in [0.15, 0.2) is 29.2 Å². The Morgan fingerprint density at radius 1 is 1.29 bits per heavy atom. The summed E-state index contributed by atoms with van der Waals surface area (Å²) >= 11 is 1.62. The van der Waals surface area contributed by atoms with E-state index in [0.29, 0.717) is 11.8 Å². The van der Waals surface area contributed by atoms with Crippen molar-refractivity contribution in [1.29, 1.82) is 0 Å². The molecule has 0 spiro atoms. The van der Waals surface area contributed by atoms with Gasteiger partial charge < -0.3 is 10.2 Å². The largest absolute Gasteiger partial charge is 0.343 e. The molecule has 1 unspecified atom stereocenters. The molecule has 4 heteroatoms. The Morgan fingerprint density at radius 3 is 2.62 bits per heavy atom. The van der Waals surface area contributed by atoms with Gasteiger partial charge in [-0.3, -0.25) is 4.79 Å². The molecule has 3 nitrogen and oxygen atoms in total. The first-order valence-corrected chi connectivity index (χ1v) is 8.84. The van der Waals surface area contributed by atoms with Crippen LogP contribution in [0.3, 0.4) is 0 Å². The molecule has 0 fully saturated rings. The number of carbonyl (C=O) groups excluding carboxylic acids is 1. The topological polar surface area (TPSA) is 32.3 Å². The van der Waals surface area contributed by atoms with Crippen LogP contribution in [0.4, 0.5) is 0 Å². The van der Waals surface area contributed by atoms with Crippen molar-refractivity contribution in [3.8, 4) is 0 Å². The molecule has 0 radical (unpaired) electrons. The Labute approximate surface area is 133 Å². The van der Waals surface area contributed by atoms with E-state index in [0.717, 1.165) is 31.0 Å². The summed E-state index contributed by atoms with van der Waals surface area (Å²) in [6.07, 6.45) is 1.14. The summed E-state index contributed by atoms with van der Waals surface area (Å²) in [4.78, 5) is 15.1. The number of carbonyl (C=O) groups is 1. The van der Waals surface area contributed by atoms with E-state index in [4.69, 9.17) is 0 Å². The molecule has 0 aliphatic rings. The van der Waals surface area contributed by atoms with Crippen LogP contribution in [0.25, 0.3) is 0 Å². The first-order valence-electron chi connectivity index (χ1n) is 7.86. The van der Waals surface area contributed by atoms with Gasteiger partial charge in [0.15, 0.2) is 0 Å². The lowest BCUT2D eigenvalue weighted by Gasteiger charge is -2.18. The van der Waals surface area contributed by atoms with Crippen molar-refractivity contribution < 1.29 is 4.79 Å². The molecular weight excluding hydrogens is 280 g/mol. The van der Waals surface area contributed by atoms with E-state index < -0.39 is 0 Å². The van der Waals surface area contributed by atoms with E-state index in [1.165, 1.54) is 5.56 Å². The number of benzene rings is 1. The van der Waals surface area contributed by atoms with Crippen molar-refractivity contribution in [2.75, 3.05) is 25.4 Å². The zero-order valence-corrected chi connectivity index (χ0v) is 14.5. The monoisotopic (exact) mass is 308 g/mol. The zero-order chi connectivity index (χ0) is 15.7. The molecule has 1 atom stereocenters. The van der Waals surface area contributed by atoms with Gasteiger partial charge in [0.05, 0.1) is 5.75 Å². The summed E-state index contributed by atoms with van der Waals surface area (Å²) in [7, 11) is 0. The summed E-state index contributed by atoms with van der Waals surface area (Å²) in [6.45, 7) is 11.0. The Kier molecular flexibility index (Phi) is 8.47. The summed E-state index contributed by atoms with van der Waals surface area (Å²) in [5.74, 6) is 0.731. The van der Waals surface area contributed by atoms with Crippen LogP contribution in [0.2, 0.25) is 0 Å². The number of rotatable bonds is 9. The van der Waals surface area contributed by atoms with Crippen LogP contribution in [0.1, 0.15) is 45.7 Å². The summed E-state index contributed by atoms with van der Waals surface area (Å²) in [6, 6.07) is 8.83. The fraction of sp³-hybridized carbons (Fsp3) is 0.588. The van der Waals surface area contributed by atoms with E-state index in [9.17, 15) is 4.79 Å². The molecule has 0 saturated carbocycles. The minimum absolute atomic E-state index is 0.215. The second kappa shape index (κ2) is 9.85. The lowest BCUT2D eigenvalue weighted by Crippen LogP contribution is -2.31. The number of nitrogens with one attached hydrogen (secondary N) is 1. The summed E-state index contributed by atoms with van der Waals surface area (Å²) in [5.41, 5.74) is 1.28. The third kappa shape index (κ3) is 6.10. The van der Waals surface area contributed by atoms with Gasteiger partial charge in [-0.15, -0.1) is 11.8 Å². The SMILES string of the molecule is CCCNC(C)c1cccc(SCC(=O)N(CC)CC)c1. The molecule has 0 bridgehead atoms. The van der Waals surface area contributed by atoms with E-state index in [1.54, 1.807) is 11.8 Å². The van der Waals surface area contributed by atoms with E-state index in [-0.39, 0.29) is 5.91 Å². The predicted molar refractivity (Wildman–Crippen MR) is 91.8 cm³/mol. The molecule has 118 valence electrons. The van der Waals surface area contributed by atoms with Crippen LogP contribution in [-0.2, 0) is 4.79 Å². The van der Waals surface area contributed by atoms with Crippen LogP contribution in [-0.4, -0.2) is 36.2 Å². The third-order valence-corrected chi connectivity index (χ3v) is 4.52. The van der Waals surface area contributed by atoms with Gasteiger partial charge in [-0.05, 0) is 51.4 Å². The highest BCUT2D eigenvalue weighted by Gasteiger charge is 2.10. The Bertz CT molecular complexity index is 433. The van der Waals surface area contributed by atoms with Crippen LogP contribution < -0.4 is 5.32 Å². The maximum atomic E-state index is 12.0. The highest BCUT2D eigenvalue weighted by atomic mass is 32.2. The standard InChI is InChI=1S/C17H28N2OS/c1-5-11-18-14(4)15-9-8-10-16(12-15)21-13-17(20)19(6-2)7-3/h8-10,12,14,18H,5-7,11,13H2,1-4H3. The van der Waals surface area contributed by atoms with Gasteiger partial charge in [0.25, 0.3) is 0 Å². The van der Waals surface area contributed by atoms with Gasteiger partial charge in [-0.25, -0.2) is 0 Å². The number of thioether (sulfide) groups is 1. The Balaban J connectivity index is 2.58. The molecule has 0 aliphatic heterocycles. The molecule has 1 rings (SSSR count). The smallest absolute Gasteiger partial charge is 0.232 e. The van der Waals surface area contributed by atoms with Crippen LogP contribution in [0.5, 0.6) is 0 Å². The molecule has 1 aromatic rings. The molecule has 1 N–H and O–H groups in total. The van der Waals surface area contributed by atoms with Crippen molar-refractivity contribution in [1.82, 2.24) is 10.2 Å². The van der Waals surface area contributed by atoms with Crippen molar-refractivity contribution in [2.24, 2.45) is 0 Å². The maximum absolute atomic E-state index is 12.0. The Hall–Kier alpha value is -1.00. The Morgan fingerprint density at radius 2 is 2.00 bits per heavy atom. The molecule has 1 aromatic carbocycles. The lowest BCUT2D eigenvalue weighted by molar-refractivity contribution is -0.127. The molecular formula is C17H28N2OS. The second-order valence-electron chi connectivity index (χ2n) is 5.10. The average molecular weight is 308 g/mol. The third-order valence-electron chi connectivity index (χ3n) is 3.54. The van der Waals surface area contributed by atoms with Crippen molar-refractivity contribution >= 4 is 17.7 Å². The van der Waals surface area contributed by atoms with Gasteiger partial charge in [-0.1, -0.05) is 19.1 Å². The highest BCUT2D eigenvalue weighted by Crippen LogP contribution is 2.22. The van der Waals surface area contributed by atoms with Gasteiger partial charge in [0.1, 0.15) is 0 Å². The summed E-state index contributed by atoms with van der Waals surface area (Å²) < 4.78 is 0. The number of hydrogen-bond acceptors (Lipinski definition) is 3.